The molecule has 8 heteroatoms. The van der Waals surface area contributed by atoms with Crippen LogP contribution >= 0.6 is 24.0 Å². The summed E-state index contributed by atoms with van der Waals surface area (Å²) in [7, 11) is 0. The molecule has 164 valence electrons. The molecule has 0 aliphatic carbocycles. The molecule has 0 atom stereocenters. The number of rotatable bonds is 7. The van der Waals surface area contributed by atoms with Crippen LogP contribution in [0.5, 0.6) is 0 Å². The topological polar surface area (TPSA) is 76.0 Å². The quantitative estimate of drug-likeness (QED) is 0.223. The van der Waals surface area contributed by atoms with E-state index in [0.29, 0.717) is 6.04 Å². The monoisotopic (exact) mass is 516 g/mol. The minimum absolute atomic E-state index is 0. The van der Waals surface area contributed by atoms with Gasteiger partial charge in [0.2, 0.25) is 0 Å². The molecule has 2 aliphatic heterocycles. The fraction of sp³-hybridized carbons (Fsp3) is 0.714. The summed E-state index contributed by atoms with van der Waals surface area (Å²) in [4.78, 5) is 14.0. The number of halogens is 1. The first-order valence-electron chi connectivity index (χ1n) is 10.9. The van der Waals surface area contributed by atoms with E-state index in [1.165, 1.54) is 0 Å². The summed E-state index contributed by atoms with van der Waals surface area (Å²) in [5, 5.41) is 16.6. The number of hydrogen-bond donors (Lipinski definition) is 3. The van der Waals surface area contributed by atoms with Crippen LogP contribution in [0.15, 0.2) is 29.4 Å². The second-order valence-corrected chi connectivity index (χ2v) is 7.78. The maximum atomic E-state index is 9.60. The summed E-state index contributed by atoms with van der Waals surface area (Å²) < 4.78 is 0. The van der Waals surface area contributed by atoms with E-state index in [0.717, 1.165) is 89.7 Å². The fourth-order valence-corrected chi connectivity index (χ4v) is 3.94. The average molecular weight is 516 g/mol. The van der Waals surface area contributed by atoms with Gasteiger partial charge in [0, 0.05) is 51.5 Å². The Bertz CT molecular complexity index is 586. The zero-order chi connectivity index (χ0) is 19.6. The molecule has 1 aromatic heterocycles. The fourth-order valence-electron chi connectivity index (χ4n) is 3.94. The molecule has 0 saturated carbocycles. The number of nitrogens with one attached hydrogen (secondary N) is 2. The van der Waals surface area contributed by atoms with E-state index < -0.39 is 0 Å². The van der Waals surface area contributed by atoms with Gasteiger partial charge in [0.1, 0.15) is 5.82 Å². The average Bonchev–Trinajstić information content (AvgIpc) is 2.74. The largest absolute Gasteiger partial charge is 0.393 e. The van der Waals surface area contributed by atoms with E-state index in [4.69, 9.17) is 4.99 Å². The van der Waals surface area contributed by atoms with Gasteiger partial charge in [-0.3, -0.25) is 4.99 Å². The number of aromatic nitrogens is 1. The van der Waals surface area contributed by atoms with Crippen molar-refractivity contribution in [2.24, 2.45) is 4.99 Å². The van der Waals surface area contributed by atoms with Crippen molar-refractivity contribution in [3.05, 3.63) is 24.4 Å². The molecule has 2 fully saturated rings. The van der Waals surface area contributed by atoms with Gasteiger partial charge in [-0.1, -0.05) is 6.07 Å². The van der Waals surface area contributed by atoms with Gasteiger partial charge in [-0.2, -0.15) is 0 Å². The Labute approximate surface area is 192 Å². The van der Waals surface area contributed by atoms with E-state index >= 15 is 0 Å². The van der Waals surface area contributed by atoms with Gasteiger partial charge in [-0.25, -0.2) is 4.98 Å². The van der Waals surface area contributed by atoms with Crippen LogP contribution in [-0.2, 0) is 0 Å². The molecule has 3 rings (SSSR count). The Hall–Kier alpha value is -1.13. The Morgan fingerprint density at radius 3 is 2.59 bits per heavy atom. The van der Waals surface area contributed by atoms with Crippen LogP contribution in [0, 0.1) is 0 Å². The number of aliphatic hydroxyl groups excluding tert-OH is 1. The van der Waals surface area contributed by atoms with Crippen LogP contribution in [0.3, 0.4) is 0 Å². The molecule has 2 aliphatic rings. The van der Waals surface area contributed by atoms with E-state index in [9.17, 15) is 5.11 Å². The minimum atomic E-state index is -0.0945. The summed E-state index contributed by atoms with van der Waals surface area (Å²) in [6.45, 7) is 8.96. The van der Waals surface area contributed by atoms with Crippen LogP contribution in [0.25, 0.3) is 0 Å². The lowest BCUT2D eigenvalue weighted by Gasteiger charge is -2.33. The second kappa shape index (κ2) is 13.2. The summed E-state index contributed by atoms with van der Waals surface area (Å²) in [6, 6.07) is 6.56. The maximum Gasteiger partial charge on any atom is 0.191 e. The van der Waals surface area contributed by atoms with Crippen molar-refractivity contribution >= 4 is 35.8 Å². The molecular formula is C21H37IN6O. The molecule has 0 amide bonds. The lowest BCUT2D eigenvalue weighted by atomic mass is 10.1. The number of nitrogens with zero attached hydrogens (tertiary/aromatic N) is 4. The SMILES string of the molecule is CCNC(=NCCCN1CCC(O)CC1)NC1CCN(c2ccccn2)CC1.I. The Morgan fingerprint density at radius 1 is 1.17 bits per heavy atom. The molecule has 1 aromatic rings. The predicted molar refractivity (Wildman–Crippen MR) is 130 cm³/mol. The maximum absolute atomic E-state index is 9.60. The van der Waals surface area contributed by atoms with Crippen molar-refractivity contribution in [1.29, 1.82) is 0 Å². The first kappa shape index (κ1) is 24.1. The van der Waals surface area contributed by atoms with Crippen molar-refractivity contribution < 1.29 is 5.11 Å². The van der Waals surface area contributed by atoms with Crippen LogP contribution in [0.1, 0.15) is 39.0 Å². The van der Waals surface area contributed by atoms with Gasteiger partial charge in [-0.05, 0) is 57.7 Å². The first-order valence-corrected chi connectivity index (χ1v) is 10.9. The zero-order valence-electron chi connectivity index (χ0n) is 17.6. The number of guanidine groups is 1. The zero-order valence-corrected chi connectivity index (χ0v) is 19.9. The van der Waals surface area contributed by atoms with Crippen molar-refractivity contribution in [1.82, 2.24) is 20.5 Å². The molecule has 0 unspecified atom stereocenters. The van der Waals surface area contributed by atoms with Crippen LogP contribution in [0.2, 0.25) is 0 Å². The Balaban J connectivity index is 0.00000300. The van der Waals surface area contributed by atoms with Crippen LogP contribution in [-0.4, -0.2) is 78.9 Å². The normalized spacial score (nSPS) is 19.7. The van der Waals surface area contributed by atoms with E-state index in [1.54, 1.807) is 0 Å². The predicted octanol–water partition coefficient (Wildman–Crippen LogP) is 2.07. The lowest BCUT2D eigenvalue weighted by molar-refractivity contribution is 0.0824. The van der Waals surface area contributed by atoms with Crippen molar-refractivity contribution in [3.8, 4) is 0 Å². The van der Waals surface area contributed by atoms with Gasteiger partial charge in [0.05, 0.1) is 6.10 Å². The number of piperidine rings is 2. The van der Waals surface area contributed by atoms with E-state index in [2.05, 4.69) is 44.5 Å². The Kier molecular flexibility index (Phi) is 11.0. The molecular weight excluding hydrogens is 479 g/mol. The number of anilines is 1. The molecule has 7 nitrogen and oxygen atoms in total. The van der Waals surface area contributed by atoms with E-state index in [1.807, 2.05) is 12.3 Å². The third-order valence-corrected chi connectivity index (χ3v) is 5.61. The van der Waals surface area contributed by atoms with Crippen molar-refractivity contribution in [2.45, 2.75) is 51.2 Å². The number of likely N-dealkylation sites (tertiary alicyclic amines) is 1. The molecule has 3 N–H and O–H groups in total. The standard InChI is InChI=1S/C21H36N6O.HI/c1-2-22-21(24-12-5-13-26-14-9-19(28)10-15-26)25-18-7-16-27(17-8-18)20-6-3-4-11-23-20;/h3-4,6,11,18-19,28H,2,5,7-10,12-17H2,1H3,(H2,22,24,25);1H. The highest BCUT2D eigenvalue weighted by Crippen LogP contribution is 2.17. The molecule has 0 bridgehead atoms. The number of aliphatic hydroxyl groups is 1. The second-order valence-electron chi connectivity index (χ2n) is 7.78. The van der Waals surface area contributed by atoms with Crippen LogP contribution < -0.4 is 15.5 Å². The molecule has 3 heterocycles. The van der Waals surface area contributed by atoms with Gasteiger partial charge in [-0.15, -0.1) is 24.0 Å². The smallest absolute Gasteiger partial charge is 0.191 e. The molecule has 2 saturated heterocycles. The van der Waals surface area contributed by atoms with Gasteiger partial charge in [0.25, 0.3) is 0 Å². The van der Waals surface area contributed by atoms with Gasteiger partial charge < -0.3 is 25.5 Å². The first-order chi connectivity index (χ1) is 13.7. The molecule has 0 radical (unpaired) electrons. The van der Waals surface area contributed by atoms with Gasteiger partial charge >= 0.3 is 0 Å². The summed E-state index contributed by atoms with van der Waals surface area (Å²) in [5.41, 5.74) is 0. The highest BCUT2D eigenvalue weighted by Gasteiger charge is 2.21. The lowest BCUT2D eigenvalue weighted by Crippen LogP contribution is -2.49. The highest BCUT2D eigenvalue weighted by molar-refractivity contribution is 14.0. The minimum Gasteiger partial charge on any atom is -0.393 e. The van der Waals surface area contributed by atoms with Crippen molar-refractivity contribution in [2.75, 3.05) is 50.7 Å². The highest BCUT2D eigenvalue weighted by atomic mass is 127. The number of aliphatic imine (C=N–C) groups is 1. The van der Waals surface area contributed by atoms with Crippen LogP contribution in [0.4, 0.5) is 5.82 Å². The summed E-state index contributed by atoms with van der Waals surface area (Å²) in [5.74, 6) is 2.01. The molecule has 0 aromatic carbocycles. The third-order valence-electron chi connectivity index (χ3n) is 5.61. The van der Waals surface area contributed by atoms with E-state index in [-0.39, 0.29) is 30.1 Å². The van der Waals surface area contributed by atoms with Gasteiger partial charge in [0.15, 0.2) is 5.96 Å². The summed E-state index contributed by atoms with van der Waals surface area (Å²) in [6.07, 6.45) is 6.83. The molecule has 29 heavy (non-hydrogen) atoms. The third kappa shape index (κ3) is 8.25. The molecule has 0 spiro atoms. The number of hydrogen-bond acceptors (Lipinski definition) is 5. The number of pyridine rings is 1. The van der Waals surface area contributed by atoms with Crippen molar-refractivity contribution in [3.63, 3.8) is 0 Å². The Morgan fingerprint density at radius 2 is 1.93 bits per heavy atom. The summed E-state index contributed by atoms with van der Waals surface area (Å²) >= 11 is 0.